The largest absolute Gasteiger partial charge is 0.490 e. The molecule has 1 aliphatic rings. The summed E-state index contributed by atoms with van der Waals surface area (Å²) in [6.07, 6.45) is 0.845. The number of nitrogens with one attached hydrogen (secondary N) is 1. The Bertz CT molecular complexity index is 769. The molecular weight excluding hydrogens is 312 g/mol. The molecule has 126 valence electrons. The van der Waals surface area contributed by atoms with Gasteiger partial charge in [0.15, 0.2) is 23.2 Å². The zero-order valence-corrected chi connectivity index (χ0v) is 13.0. The minimum absolute atomic E-state index is 0.0923. The van der Waals surface area contributed by atoms with Gasteiger partial charge in [-0.2, -0.15) is 0 Å². The first-order chi connectivity index (χ1) is 11.6. The number of ether oxygens (including phenoxy) is 2. The van der Waals surface area contributed by atoms with Crippen molar-refractivity contribution in [3.05, 3.63) is 41.9 Å². The van der Waals surface area contributed by atoms with Crippen molar-refractivity contribution in [1.29, 1.82) is 0 Å². The number of aliphatic imine (C=N–C) groups is 1. The van der Waals surface area contributed by atoms with E-state index >= 15 is 0 Å². The Morgan fingerprint density at radius 1 is 1.12 bits per heavy atom. The van der Waals surface area contributed by atoms with Crippen LogP contribution in [0.25, 0.3) is 0 Å². The van der Waals surface area contributed by atoms with Gasteiger partial charge in [0.05, 0.1) is 13.2 Å². The zero-order chi connectivity index (χ0) is 16.9. The van der Waals surface area contributed by atoms with E-state index in [0.29, 0.717) is 30.5 Å². The number of carbonyl (C=O) groups excluding carboxylic acids is 1. The molecule has 1 aliphatic heterocycles. The Kier molecular flexibility index (Phi) is 4.55. The molecular formula is C16H18N4O4. The second-order valence-electron chi connectivity index (χ2n) is 5.17. The van der Waals surface area contributed by atoms with Gasteiger partial charge < -0.3 is 30.7 Å². The number of hydrogen-bond acceptors (Lipinski definition) is 5. The maximum absolute atomic E-state index is 11.0. The van der Waals surface area contributed by atoms with E-state index in [9.17, 15) is 4.79 Å². The van der Waals surface area contributed by atoms with Gasteiger partial charge in [0.2, 0.25) is 0 Å². The summed E-state index contributed by atoms with van der Waals surface area (Å²) < 4.78 is 16.4. The number of anilines is 1. The van der Waals surface area contributed by atoms with Crippen molar-refractivity contribution < 1.29 is 18.7 Å². The van der Waals surface area contributed by atoms with Gasteiger partial charge in [-0.05, 0) is 24.3 Å². The van der Waals surface area contributed by atoms with Crippen molar-refractivity contribution in [2.24, 2.45) is 16.5 Å². The van der Waals surface area contributed by atoms with Crippen LogP contribution >= 0.6 is 0 Å². The van der Waals surface area contributed by atoms with Crippen LogP contribution in [0.3, 0.4) is 0 Å². The van der Waals surface area contributed by atoms with Gasteiger partial charge in [0.1, 0.15) is 12.3 Å². The average molecular weight is 330 g/mol. The van der Waals surface area contributed by atoms with Crippen molar-refractivity contribution in [2.45, 2.75) is 13.0 Å². The summed E-state index contributed by atoms with van der Waals surface area (Å²) >= 11 is 0. The number of benzene rings is 1. The van der Waals surface area contributed by atoms with Gasteiger partial charge in [0.25, 0.3) is 5.91 Å². The Hall–Kier alpha value is -3.16. The minimum atomic E-state index is -0.622. The lowest BCUT2D eigenvalue weighted by atomic mass is 10.3. The third-order valence-corrected chi connectivity index (χ3v) is 3.33. The number of nitrogens with two attached hydrogens (primary N) is 2. The summed E-state index contributed by atoms with van der Waals surface area (Å²) in [5.74, 6) is 1.55. The number of primary amides is 1. The Labute approximate surface area is 138 Å². The van der Waals surface area contributed by atoms with E-state index in [1.54, 1.807) is 12.1 Å². The number of hydrogen-bond donors (Lipinski definition) is 3. The average Bonchev–Trinajstić information content (AvgIpc) is 2.92. The van der Waals surface area contributed by atoms with Gasteiger partial charge in [-0.1, -0.05) is 0 Å². The molecule has 0 spiro atoms. The Morgan fingerprint density at radius 3 is 2.67 bits per heavy atom. The molecule has 0 saturated heterocycles. The van der Waals surface area contributed by atoms with E-state index in [4.69, 9.17) is 25.4 Å². The summed E-state index contributed by atoms with van der Waals surface area (Å²) in [4.78, 5) is 15.1. The fourth-order valence-electron chi connectivity index (χ4n) is 2.19. The Morgan fingerprint density at radius 2 is 1.92 bits per heavy atom. The van der Waals surface area contributed by atoms with E-state index in [2.05, 4.69) is 10.3 Å². The first-order valence-electron chi connectivity index (χ1n) is 7.47. The number of guanidine groups is 1. The van der Waals surface area contributed by atoms with Gasteiger partial charge >= 0.3 is 0 Å². The SMILES string of the molecule is NC(=O)c1ccc(CN=C(N)Nc2ccc3c(c2)OCCCO3)o1. The van der Waals surface area contributed by atoms with E-state index in [-0.39, 0.29) is 18.3 Å². The van der Waals surface area contributed by atoms with E-state index in [0.717, 1.165) is 12.1 Å². The van der Waals surface area contributed by atoms with Crippen molar-refractivity contribution in [3.63, 3.8) is 0 Å². The number of carbonyl (C=O) groups is 1. The van der Waals surface area contributed by atoms with Crippen molar-refractivity contribution in [2.75, 3.05) is 18.5 Å². The fraction of sp³-hybridized carbons (Fsp3) is 0.250. The summed E-state index contributed by atoms with van der Waals surface area (Å²) in [5, 5.41) is 2.97. The van der Waals surface area contributed by atoms with Crippen LogP contribution in [-0.4, -0.2) is 25.1 Å². The monoisotopic (exact) mass is 330 g/mol. The molecule has 0 radical (unpaired) electrons. The second kappa shape index (κ2) is 6.95. The third kappa shape index (κ3) is 3.78. The molecule has 0 atom stereocenters. The van der Waals surface area contributed by atoms with E-state index < -0.39 is 5.91 Å². The molecule has 2 aromatic rings. The maximum Gasteiger partial charge on any atom is 0.284 e. The fourth-order valence-corrected chi connectivity index (χ4v) is 2.19. The van der Waals surface area contributed by atoms with Crippen LogP contribution in [0.1, 0.15) is 22.7 Å². The molecule has 1 amide bonds. The summed E-state index contributed by atoms with van der Waals surface area (Å²) in [5.41, 5.74) is 11.7. The van der Waals surface area contributed by atoms with E-state index in [1.807, 2.05) is 12.1 Å². The van der Waals surface area contributed by atoms with Crippen molar-refractivity contribution in [3.8, 4) is 11.5 Å². The van der Waals surface area contributed by atoms with Gasteiger partial charge in [0, 0.05) is 18.2 Å². The molecule has 0 unspecified atom stereocenters. The first-order valence-corrected chi connectivity index (χ1v) is 7.47. The van der Waals surface area contributed by atoms with Crippen LogP contribution in [0.2, 0.25) is 0 Å². The number of nitrogens with zero attached hydrogens (tertiary/aromatic N) is 1. The van der Waals surface area contributed by atoms with Crippen LogP contribution in [0, 0.1) is 0 Å². The number of amides is 1. The molecule has 8 nitrogen and oxygen atoms in total. The molecule has 0 bridgehead atoms. The number of fused-ring (bicyclic) bond motifs is 1. The standard InChI is InChI=1S/C16H18N4O4/c17-15(21)13-5-3-11(24-13)9-19-16(18)20-10-2-4-12-14(8-10)23-7-1-6-22-12/h2-5,8H,1,6-7,9H2,(H2,17,21)(H3,18,19,20). The van der Waals surface area contributed by atoms with Crippen molar-refractivity contribution in [1.82, 2.24) is 0 Å². The number of rotatable bonds is 4. The summed E-state index contributed by atoms with van der Waals surface area (Å²) in [7, 11) is 0. The highest BCUT2D eigenvalue weighted by atomic mass is 16.5. The van der Waals surface area contributed by atoms with Gasteiger partial charge in [-0.3, -0.25) is 4.79 Å². The van der Waals surface area contributed by atoms with Gasteiger partial charge in [-0.25, -0.2) is 4.99 Å². The van der Waals surface area contributed by atoms with Crippen LogP contribution in [0.15, 0.2) is 39.7 Å². The van der Waals surface area contributed by atoms with Crippen LogP contribution in [-0.2, 0) is 6.54 Å². The quantitative estimate of drug-likeness (QED) is 0.576. The summed E-state index contributed by atoms with van der Waals surface area (Å²) in [6, 6.07) is 8.59. The lowest BCUT2D eigenvalue weighted by Gasteiger charge is -2.10. The third-order valence-electron chi connectivity index (χ3n) is 3.33. The predicted molar refractivity (Wildman–Crippen MR) is 88.2 cm³/mol. The molecule has 1 aromatic carbocycles. The van der Waals surface area contributed by atoms with Gasteiger partial charge in [-0.15, -0.1) is 0 Å². The minimum Gasteiger partial charge on any atom is -0.490 e. The highest BCUT2D eigenvalue weighted by Crippen LogP contribution is 2.32. The first kappa shape index (κ1) is 15.7. The van der Waals surface area contributed by atoms with Crippen LogP contribution in [0.4, 0.5) is 5.69 Å². The Balaban J connectivity index is 1.64. The molecule has 1 aromatic heterocycles. The molecule has 2 heterocycles. The topological polar surface area (TPSA) is 125 Å². The molecule has 8 heteroatoms. The molecule has 0 aliphatic carbocycles. The maximum atomic E-state index is 11.0. The predicted octanol–water partition coefficient (Wildman–Crippen LogP) is 1.47. The van der Waals surface area contributed by atoms with Crippen molar-refractivity contribution >= 4 is 17.6 Å². The smallest absolute Gasteiger partial charge is 0.284 e. The normalized spacial score (nSPS) is 14.1. The zero-order valence-electron chi connectivity index (χ0n) is 13.0. The number of furan rings is 1. The van der Waals surface area contributed by atoms with Crippen LogP contribution in [0.5, 0.6) is 11.5 Å². The lowest BCUT2D eigenvalue weighted by molar-refractivity contribution is 0.0972. The highest BCUT2D eigenvalue weighted by Gasteiger charge is 2.11. The molecule has 5 N–H and O–H groups in total. The lowest BCUT2D eigenvalue weighted by Crippen LogP contribution is -2.22. The second-order valence-corrected chi connectivity index (χ2v) is 5.17. The summed E-state index contributed by atoms with van der Waals surface area (Å²) in [6.45, 7) is 1.44. The molecule has 3 rings (SSSR count). The van der Waals surface area contributed by atoms with E-state index in [1.165, 1.54) is 6.07 Å². The van der Waals surface area contributed by atoms with Crippen LogP contribution < -0.4 is 26.3 Å². The molecule has 0 saturated carbocycles. The molecule has 0 fully saturated rings. The molecule has 24 heavy (non-hydrogen) atoms. The highest BCUT2D eigenvalue weighted by molar-refractivity contribution is 5.92.